The van der Waals surface area contributed by atoms with Gasteiger partial charge in [-0.3, -0.25) is 0 Å². The zero-order valence-corrected chi connectivity index (χ0v) is 13.4. The van der Waals surface area contributed by atoms with Crippen LogP contribution in [0.2, 0.25) is 10.0 Å². The topological polar surface area (TPSA) is 43.6 Å². The minimum absolute atomic E-state index is 0.307. The lowest BCUT2D eigenvalue weighted by molar-refractivity contribution is 0.626. The number of nitrogens with zero attached hydrogens (tertiary/aromatic N) is 4. The zero-order chi connectivity index (χ0) is 15.5. The molecule has 2 aromatic carbocycles. The summed E-state index contributed by atoms with van der Waals surface area (Å²) < 4.78 is 14.5. The monoisotopic (exact) mass is 354 g/mol. The molecule has 0 saturated heterocycles. The Kier molecular flexibility index (Phi) is 4.61. The van der Waals surface area contributed by atoms with E-state index in [2.05, 4.69) is 15.5 Å². The maximum Gasteiger partial charge on any atom is 0.214 e. The Hall–Kier alpha value is -1.63. The minimum Gasteiger partial charge on any atom is -0.207 e. The van der Waals surface area contributed by atoms with Gasteiger partial charge in [0, 0.05) is 15.8 Å². The van der Waals surface area contributed by atoms with Crippen molar-refractivity contribution in [2.45, 2.75) is 10.9 Å². The van der Waals surface area contributed by atoms with Gasteiger partial charge < -0.3 is 0 Å². The van der Waals surface area contributed by atoms with Crippen LogP contribution in [0.4, 0.5) is 4.39 Å². The summed E-state index contributed by atoms with van der Waals surface area (Å²) in [7, 11) is 0. The van der Waals surface area contributed by atoms with Crippen molar-refractivity contribution in [1.82, 2.24) is 20.2 Å². The van der Waals surface area contributed by atoms with E-state index in [9.17, 15) is 4.39 Å². The van der Waals surface area contributed by atoms with Crippen molar-refractivity contribution in [2.75, 3.05) is 0 Å². The van der Waals surface area contributed by atoms with Crippen molar-refractivity contribution < 1.29 is 4.39 Å². The van der Waals surface area contributed by atoms with Gasteiger partial charge in [-0.05, 0) is 52.4 Å². The molecule has 3 rings (SSSR count). The first-order valence-electron chi connectivity index (χ1n) is 6.24. The van der Waals surface area contributed by atoms with Gasteiger partial charge in [0.05, 0.1) is 5.69 Å². The van der Waals surface area contributed by atoms with Crippen molar-refractivity contribution in [3.05, 3.63) is 63.9 Å². The first-order chi connectivity index (χ1) is 10.6. The molecule has 22 heavy (non-hydrogen) atoms. The highest BCUT2D eigenvalue weighted by molar-refractivity contribution is 7.98. The quantitative estimate of drug-likeness (QED) is 0.651. The Morgan fingerprint density at radius 3 is 2.59 bits per heavy atom. The standard InChI is InChI=1S/C14H9Cl2FN4S/c15-10-2-1-9(13(16)7-10)8-22-14-18-19-20-21(14)12-5-3-11(17)4-6-12/h1-7H,8H2. The molecular weight excluding hydrogens is 346 g/mol. The van der Waals surface area contributed by atoms with Crippen LogP contribution >= 0.6 is 35.0 Å². The Bertz CT molecular complexity index is 792. The average Bonchev–Trinajstić information content (AvgIpc) is 2.95. The van der Waals surface area contributed by atoms with E-state index in [1.54, 1.807) is 28.9 Å². The third kappa shape index (κ3) is 3.40. The predicted octanol–water partition coefficient (Wildman–Crippen LogP) is 4.40. The number of halogens is 3. The van der Waals surface area contributed by atoms with E-state index in [0.717, 1.165) is 5.56 Å². The summed E-state index contributed by atoms with van der Waals surface area (Å²) in [5.41, 5.74) is 1.63. The predicted molar refractivity (Wildman–Crippen MR) is 85.1 cm³/mol. The van der Waals surface area contributed by atoms with E-state index in [4.69, 9.17) is 23.2 Å². The SMILES string of the molecule is Fc1ccc(-n2nnnc2SCc2ccc(Cl)cc2Cl)cc1. The van der Waals surface area contributed by atoms with E-state index in [1.807, 2.05) is 6.07 Å². The van der Waals surface area contributed by atoms with Crippen molar-refractivity contribution in [2.24, 2.45) is 0 Å². The summed E-state index contributed by atoms with van der Waals surface area (Å²) >= 11 is 13.5. The van der Waals surface area contributed by atoms with Gasteiger partial charge in [0.15, 0.2) is 0 Å². The molecule has 0 bridgehead atoms. The molecular formula is C14H9Cl2FN4S. The van der Waals surface area contributed by atoms with Crippen LogP contribution in [-0.2, 0) is 5.75 Å². The van der Waals surface area contributed by atoms with E-state index < -0.39 is 0 Å². The highest BCUT2D eigenvalue weighted by atomic mass is 35.5. The number of hydrogen-bond donors (Lipinski definition) is 0. The lowest BCUT2D eigenvalue weighted by Crippen LogP contribution is -1.99. The van der Waals surface area contributed by atoms with Crippen LogP contribution in [-0.4, -0.2) is 20.2 Å². The van der Waals surface area contributed by atoms with Gasteiger partial charge in [-0.2, -0.15) is 4.68 Å². The summed E-state index contributed by atoms with van der Waals surface area (Å²) in [4.78, 5) is 0. The minimum atomic E-state index is -0.307. The Morgan fingerprint density at radius 1 is 1.09 bits per heavy atom. The van der Waals surface area contributed by atoms with Gasteiger partial charge >= 0.3 is 0 Å². The number of rotatable bonds is 4. The van der Waals surface area contributed by atoms with E-state index in [1.165, 1.54) is 23.9 Å². The van der Waals surface area contributed by atoms with E-state index in [-0.39, 0.29) is 5.82 Å². The molecule has 0 aliphatic rings. The van der Waals surface area contributed by atoms with E-state index >= 15 is 0 Å². The molecule has 0 aliphatic heterocycles. The van der Waals surface area contributed by atoms with Crippen LogP contribution in [0.25, 0.3) is 5.69 Å². The fourth-order valence-electron chi connectivity index (χ4n) is 1.79. The number of benzene rings is 2. The molecule has 0 fully saturated rings. The molecule has 0 amide bonds. The van der Waals surface area contributed by atoms with Crippen LogP contribution in [0.5, 0.6) is 0 Å². The third-order valence-electron chi connectivity index (χ3n) is 2.88. The lowest BCUT2D eigenvalue weighted by atomic mass is 10.2. The summed E-state index contributed by atoms with van der Waals surface area (Å²) in [5, 5.41) is 13.4. The number of hydrogen-bond acceptors (Lipinski definition) is 4. The second-order valence-electron chi connectivity index (χ2n) is 4.37. The zero-order valence-electron chi connectivity index (χ0n) is 11.1. The molecule has 1 heterocycles. The van der Waals surface area contributed by atoms with Crippen molar-refractivity contribution in [3.63, 3.8) is 0 Å². The average molecular weight is 355 g/mol. The molecule has 0 atom stereocenters. The normalized spacial score (nSPS) is 10.9. The van der Waals surface area contributed by atoms with E-state index in [0.29, 0.717) is 26.6 Å². The third-order valence-corrected chi connectivity index (χ3v) is 4.44. The number of tetrazole rings is 1. The maximum atomic E-state index is 13.0. The highest BCUT2D eigenvalue weighted by Crippen LogP contribution is 2.28. The second kappa shape index (κ2) is 6.64. The number of thioether (sulfide) groups is 1. The highest BCUT2D eigenvalue weighted by Gasteiger charge is 2.10. The van der Waals surface area contributed by atoms with Crippen LogP contribution in [0.15, 0.2) is 47.6 Å². The maximum absolute atomic E-state index is 13.0. The van der Waals surface area contributed by atoms with Gasteiger partial charge in [-0.25, -0.2) is 4.39 Å². The first-order valence-corrected chi connectivity index (χ1v) is 7.99. The van der Waals surface area contributed by atoms with Gasteiger partial charge in [0.25, 0.3) is 0 Å². The molecule has 4 nitrogen and oxygen atoms in total. The first kappa shape index (κ1) is 15.3. The largest absolute Gasteiger partial charge is 0.214 e. The van der Waals surface area contributed by atoms with Crippen LogP contribution in [0.1, 0.15) is 5.56 Å². The van der Waals surface area contributed by atoms with Crippen molar-refractivity contribution in [1.29, 1.82) is 0 Å². The summed E-state index contributed by atoms with van der Waals surface area (Å²) in [6, 6.07) is 11.3. The molecule has 112 valence electrons. The van der Waals surface area contributed by atoms with Crippen molar-refractivity contribution in [3.8, 4) is 5.69 Å². The summed E-state index contributed by atoms with van der Waals surface area (Å²) in [6.07, 6.45) is 0. The second-order valence-corrected chi connectivity index (χ2v) is 6.16. The molecule has 3 aromatic rings. The summed E-state index contributed by atoms with van der Waals surface area (Å²) in [5.74, 6) is 0.288. The fourth-order valence-corrected chi connectivity index (χ4v) is 3.24. The fraction of sp³-hybridized carbons (Fsp3) is 0.0714. The molecule has 0 spiro atoms. The van der Waals surface area contributed by atoms with Gasteiger partial charge in [0.1, 0.15) is 5.82 Å². The van der Waals surface area contributed by atoms with Gasteiger partial charge in [-0.1, -0.05) is 41.0 Å². The van der Waals surface area contributed by atoms with Crippen LogP contribution < -0.4 is 0 Å². The van der Waals surface area contributed by atoms with Crippen molar-refractivity contribution >= 4 is 35.0 Å². The Balaban J connectivity index is 1.79. The Labute approximate surface area is 140 Å². The number of aromatic nitrogens is 4. The van der Waals surface area contributed by atoms with Gasteiger partial charge in [-0.15, -0.1) is 5.10 Å². The molecule has 8 heteroatoms. The molecule has 0 unspecified atom stereocenters. The molecule has 0 N–H and O–H groups in total. The molecule has 0 saturated carbocycles. The van der Waals surface area contributed by atoms with Gasteiger partial charge in [0.2, 0.25) is 5.16 Å². The molecule has 0 radical (unpaired) electrons. The van der Waals surface area contributed by atoms with Crippen LogP contribution in [0, 0.1) is 5.82 Å². The lowest BCUT2D eigenvalue weighted by Gasteiger charge is -2.06. The van der Waals surface area contributed by atoms with Crippen LogP contribution in [0.3, 0.4) is 0 Å². The summed E-state index contributed by atoms with van der Waals surface area (Å²) in [6.45, 7) is 0. The molecule has 0 aliphatic carbocycles. The molecule has 1 aromatic heterocycles. The smallest absolute Gasteiger partial charge is 0.207 e. The Morgan fingerprint density at radius 2 is 1.86 bits per heavy atom.